The van der Waals surface area contributed by atoms with Crippen molar-refractivity contribution >= 4 is 35.8 Å². The Kier molecular flexibility index (Phi) is 9.11. The van der Waals surface area contributed by atoms with Crippen LogP contribution in [0.2, 0.25) is 5.02 Å². The van der Waals surface area contributed by atoms with Gasteiger partial charge in [0.05, 0.1) is 0 Å². The van der Waals surface area contributed by atoms with Gasteiger partial charge in [-0.1, -0.05) is 11.6 Å². The number of carbonyl (C=O) groups is 2. The average molecular weight is 374 g/mol. The summed E-state index contributed by atoms with van der Waals surface area (Å²) in [6.07, 6.45) is 3.29. The zero-order chi connectivity index (χ0) is 16.7. The molecule has 1 aromatic rings. The van der Waals surface area contributed by atoms with Crippen molar-refractivity contribution in [3.8, 4) is 0 Å². The number of halogens is 2. The van der Waals surface area contributed by atoms with Gasteiger partial charge < -0.3 is 15.5 Å². The molecule has 1 atom stereocenters. The summed E-state index contributed by atoms with van der Waals surface area (Å²) < 4.78 is 0. The van der Waals surface area contributed by atoms with E-state index >= 15 is 0 Å². The van der Waals surface area contributed by atoms with Crippen LogP contribution in [0.15, 0.2) is 24.3 Å². The van der Waals surface area contributed by atoms with Gasteiger partial charge in [-0.2, -0.15) is 0 Å². The van der Waals surface area contributed by atoms with Crippen LogP contribution in [0, 0.1) is 0 Å². The van der Waals surface area contributed by atoms with E-state index < -0.39 is 0 Å². The van der Waals surface area contributed by atoms with Crippen LogP contribution < -0.4 is 10.6 Å². The zero-order valence-electron chi connectivity index (χ0n) is 13.9. The molecule has 0 saturated carbocycles. The third-order valence-electron chi connectivity index (χ3n) is 4.14. The highest BCUT2D eigenvalue weighted by Crippen LogP contribution is 2.12. The van der Waals surface area contributed by atoms with Gasteiger partial charge >= 0.3 is 0 Å². The van der Waals surface area contributed by atoms with Crippen LogP contribution >= 0.6 is 24.0 Å². The van der Waals surface area contributed by atoms with Crippen molar-refractivity contribution in [2.24, 2.45) is 0 Å². The van der Waals surface area contributed by atoms with Gasteiger partial charge in [-0.25, -0.2) is 0 Å². The Balaban J connectivity index is 0.00000288. The number of amides is 2. The van der Waals surface area contributed by atoms with Crippen LogP contribution in [0.1, 0.15) is 36.0 Å². The van der Waals surface area contributed by atoms with Crippen molar-refractivity contribution in [2.75, 3.05) is 26.7 Å². The van der Waals surface area contributed by atoms with Gasteiger partial charge in [-0.3, -0.25) is 9.59 Å². The monoisotopic (exact) mass is 373 g/mol. The number of piperidine rings is 1. The second-order valence-electron chi connectivity index (χ2n) is 5.83. The van der Waals surface area contributed by atoms with Crippen molar-refractivity contribution in [3.63, 3.8) is 0 Å². The smallest absolute Gasteiger partial charge is 0.251 e. The Labute approximate surface area is 154 Å². The summed E-state index contributed by atoms with van der Waals surface area (Å²) in [6.45, 7) is 2.12. The molecule has 1 saturated heterocycles. The zero-order valence-corrected chi connectivity index (χ0v) is 15.5. The molecular formula is C17H25Cl2N3O2. The Morgan fingerprint density at radius 2 is 2.00 bits per heavy atom. The predicted octanol–water partition coefficient (Wildman–Crippen LogP) is 2.48. The SMILES string of the molecule is CNC1CCCN(C(=O)CCCNC(=O)c2ccc(Cl)cc2)C1.Cl. The van der Waals surface area contributed by atoms with Crippen molar-refractivity contribution in [1.29, 1.82) is 0 Å². The molecular weight excluding hydrogens is 349 g/mol. The van der Waals surface area contributed by atoms with E-state index in [1.54, 1.807) is 24.3 Å². The summed E-state index contributed by atoms with van der Waals surface area (Å²) in [7, 11) is 1.94. The molecule has 0 aromatic heterocycles. The minimum absolute atomic E-state index is 0. The number of nitrogens with zero attached hydrogens (tertiary/aromatic N) is 1. The minimum Gasteiger partial charge on any atom is -0.352 e. The molecule has 1 aromatic carbocycles. The van der Waals surface area contributed by atoms with E-state index in [1.165, 1.54) is 0 Å². The molecule has 1 aliphatic rings. The van der Waals surface area contributed by atoms with E-state index in [4.69, 9.17) is 11.6 Å². The van der Waals surface area contributed by atoms with Gasteiger partial charge in [0.25, 0.3) is 5.91 Å². The third kappa shape index (κ3) is 6.30. The average Bonchev–Trinajstić information content (AvgIpc) is 2.59. The molecule has 1 fully saturated rings. The largest absolute Gasteiger partial charge is 0.352 e. The summed E-state index contributed by atoms with van der Waals surface area (Å²) in [5.74, 6) is 0.0352. The maximum absolute atomic E-state index is 12.2. The molecule has 0 radical (unpaired) electrons. The van der Waals surface area contributed by atoms with Crippen LogP contribution in [-0.2, 0) is 4.79 Å². The van der Waals surface area contributed by atoms with Crippen molar-refractivity contribution in [1.82, 2.24) is 15.5 Å². The van der Waals surface area contributed by atoms with Gasteiger partial charge in [0.2, 0.25) is 5.91 Å². The first-order chi connectivity index (χ1) is 11.1. The highest BCUT2D eigenvalue weighted by Gasteiger charge is 2.21. The first kappa shape index (κ1) is 20.7. The molecule has 0 spiro atoms. The second-order valence-corrected chi connectivity index (χ2v) is 6.27. The summed E-state index contributed by atoms with van der Waals surface area (Å²) in [4.78, 5) is 26.0. The van der Waals surface area contributed by atoms with E-state index in [0.717, 1.165) is 25.9 Å². The maximum Gasteiger partial charge on any atom is 0.251 e. The molecule has 5 nitrogen and oxygen atoms in total. The fourth-order valence-corrected chi connectivity index (χ4v) is 2.87. The van der Waals surface area contributed by atoms with Gasteiger partial charge in [0.15, 0.2) is 0 Å². The minimum atomic E-state index is -0.137. The number of benzene rings is 1. The van der Waals surface area contributed by atoms with Crippen LogP contribution in [0.25, 0.3) is 0 Å². The number of rotatable bonds is 6. The maximum atomic E-state index is 12.2. The summed E-state index contributed by atoms with van der Waals surface area (Å²) >= 11 is 5.79. The molecule has 2 rings (SSSR count). The second kappa shape index (κ2) is 10.5. The van der Waals surface area contributed by atoms with Gasteiger partial charge in [-0.15, -0.1) is 12.4 Å². The molecule has 1 aliphatic heterocycles. The highest BCUT2D eigenvalue weighted by atomic mass is 35.5. The van der Waals surface area contributed by atoms with E-state index in [-0.39, 0.29) is 24.2 Å². The predicted molar refractivity (Wildman–Crippen MR) is 98.9 cm³/mol. The fourth-order valence-electron chi connectivity index (χ4n) is 2.74. The third-order valence-corrected chi connectivity index (χ3v) is 4.39. The van der Waals surface area contributed by atoms with Crippen molar-refractivity contribution in [2.45, 2.75) is 31.7 Å². The topological polar surface area (TPSA) is 61.4 Å². The molecule has 0 aliphatic carbocycles. The quantitative estimate of drug-likeness (QED) is 0.752. The lowest BCUT2D eigenvalue weighted by Crippen LogP contribution is -2.47. The van der Waals surface area contributed by atoms with Crippen LogP contribution in [0.5, 0.6) is 0 Å². The Bertz CT molecular complexity index is 537. The number of hydrogen-bond donors (Lipinski definition) is 2. The van der Waals surface area contributed by atoms with Crippen molar-refractivity contribution < 1.29 is 9.59 Å². The summed E-state index contributed by atoms with van der Waals surface area (Å²) in [6, 6.07) is 7.16. The first-order valence-electron chi connectivity index (χ1n) is 8.09. The van der Waals surface area contributed by atoms with Crippen LogP contribution in [0.4, 0.5) is 0 Å². The molecule has 24 heavy (non-hydrogen) atoms. The first-order valence-corrected chi connectivity index (χ1v) is 8.46. The van der Waals surface area contributed by atoms with E-state index in [1.807, 2.05) is 11.9 Å². The lowest BCUT2D eigenvalue weighted by atomic mass is 10.1. The molecule has 7 heteroatoms. The summed E-state index contributed by atoms with van der Waals surface area (Å²) in [5.41, 5.74) is 0.577. The van der Waals surface area contributed by atoms with E-state index in [9.17, 15) is 9.59 Å². The van der Waals surface area contributed by atoms with Gasteiger partial charge in [-0.05, 0) is 50.6 Å². The lowest BCUT2D eigenvalue weighted by molar-refractivity contribution is -0.132. The van der Waals surface area contributed by atoms with Gasteiger partial charge in [0.1, 0.15) is 0 Å². The van der Waals surface area contributed by atoms with Crippen LogP contribution in [0.3, 0.4) is 0 Å². The fraction of sp³-hybridized carbons (Fsp3) is 0.529. The van der Waals surface area contributed by atoms with E-state index in [2.05, 4.69) is 10.6 Å². The number of hydrogen-bond acceptors (Lipinski definition) is 3. The molecule has 2 N–H and O–H groups in total. The molecule has 1 unspecified atom stereocenters. The molecule has 0 bridgehead atoms. The number of likely N-dealkylation sites (N-methyl/N-ethyl adjacent to an activating group) is 1. The lowest BCUT2D eigenvalue weighted by Gasteiger charge is -2.32. The molecule has 2 amide bonds. The van der Waals surface area contributed by atoms with E-state index in [0.29, 0.717) is 36.0 Å². The normalized spacial score (nSPS) is 17.1. The summed E-state index contributed by atoms with van der Waals surface area (Å²) in [5, 5.41) is 6.67. The van der Waals surface area contributed by atoms with Crippen molar-refractivity contribution in [3.05, 3.63) is 34.9 Å². The Morgan fingerprint density at radius 1 is 1.29 bits per heavy atom. The Hall–Kier alpha value is -1.30. The van der Waals surface area contributed by atoms with Crippen LogP contribution in [-0.4, -0.2) is 49.4 Å². The standard InChI is InChI=1S/C17H24ClN3O2.ClH/c1-19-15-4-3-11-21(12-15)16(22)5-2-10-20-17(23)13-6-8-14(18)9-7-13;/h6-9,15,19H,2-5,10-12H2,1H3,(H,20,23);1H. The Morgan fingerprint density at radius 3 is 2.67 bits per heavy atom. The number of carbonyl (C=O) groups excluding carboxylic acids is 2. The number of likely N-dealkylation sites (tertiary alicyclic amines) is 1. The molecule has 134 valence electrons. The van der Waals surface area contributed by atoms with Gasteiger partial charge in [0, 0.05) is 42.7 Å². The molecule has 1 heterocycles. The number of nitrogens with one attached hydrogen (secondary N) is 2. The highest BCUT2D eigenvalue weighted by molar-refractivity contribution is 6.30.